The number of rotatable bonds is 3. The van der Waals surface area contributed by atoms with E-state index < -0.39 is 0 Å². The first-order valence-electron chi connectivity index (χ1n) is 4.67. The van der Waals surface area contributed by atoms with Gasteiger partial charge in [0.1, 0.15) is 0 Å². The van der Waals surface area contributed by atoms with Crippen LogP contribution in [0.5, 0.6) is 0 Å². The van der Waals surface area contributed by atoms with Crippen molar-refractivity contribution in [2.75, 3.05) is 0 Å². The van der Waals surface area contributed by atoms with E-state index in [1.807, 2.05) is 0 Å². The fraction of sp³-hybridized carbons (Fsp3) is 0.636. The van der Waals surface area contributed by atoms with Crippen molar-refractivity contribution in [1.29, 1.82) is 0 Å². The Bertz CT molecular complexity index is 163. The van der Waals surface area contributed by atoms with Crippen LogP contribution in [-0.2, 0) is 0 Å². The van der Waals surface area contributed by atoms with Gasteiger partial charge in [-0.1, -0.05) is 43.6 Å². The Kier molecular flexibility index (Phi) is 3.41. The van der Waals surface area contributed by atoms with Gasteiger partial charge in [0.25, 0.3) is 0 Å². The summed E-state index contributed by atoms with van der Waals surface area (Å²) in [5.41, 5.74) is 1.54. The van der Waals surface area contributed by atoms with Crippen LogP contribution in [0.15, 0.2) is 23.8 Å². The van der Waals surface area contributed by atoms with Gasteiger partial charge in [-0.05, 0) is 25.7 Å². The van der Waals surface area contributed by atoms with Crippen LogP contribution in [0.4, 0.5) is 0 Å². The first kappa shape index (κ1) is 8.58. The fourth-order valence-corrected chi connectivity index (χ4v) is 1.59. The molecule has 0 heteroatoms. The Morgan fingerprint density at radius 1 is 1.55 bits per heavy atom. The zero-order valence-electron chi connectivity index (χ0n) is 7.64. The van der Waals surface area contributed by atoms with E-state index in [0.717, 1.165) is 5.92 Å². The summed E-state index contributed by atoms with van der Waals surface area (Å²) in [7, 11) is 0. The third kappa shape index (κ3) is 2.92. The quantitative estimate of drug-likeness (QED) is 0.575. The second-order valence-corrected chi connectivity index (χ2v) is 3.50. The van der Waals surface area contributed by atoms with Crippen LogP contribution < -0.4 is 0 Å². The number of allylic oxidation sites excluding steroid dienone is 4. The average molecular weight is 150 g/mol. The first-order valence-corrected chi connectivity index (χ1v) is 4.67. The molecular formula is C11H18. The van der Waals surface area contributed by atoms with Gasteiger partial charge in [-0.15, -0.1) is 0 Å². The van der Waals surface area contributed by atoms with Crippen molar-refractivity contribution in [1.82, 2.24) is 0 Å². The van der Waals surface area contributed by atoms with Gasteiger partial charge in [-0.2, -0.15) is 0 Å². The standard InChI is InChI=1S/C11H18/c1-3-4-7-11-8-5-6-10(2)9-11/h5-6,8,11H,3-4,7,9H2,1-2H3. The molecule has 0 aromatic carbocycles. The van der Waals surface area contributed by atoms with E-state index in [4.69, 9.17) is 0 Å². The predicted molar refractivity (Wildman–Crippen MR) is 50.5 cm³/mol. The highest BCUT2D eigenvalue weighted by Gasteiger charge is 2.06. The summed E-state index contributed by atoms with van der Waals surface area (Å²) < 4.78 is 0. The normalized spacial score (nSPS) is 23.5. The second kappa shape index (κ2) is 4.38. The van der Waals surface area contributed by atoms with Crippen LogP contribution in [0.25, 0.3) is 0 Å². The fourth-order valence-electron chi connectivity index (χ4n) is 1.59. The molecule has 0 N–H and O–H groups in total. The van der Waals surface area contributed by atoms with E-state index in [1.54, 1.807) is 0 Å². The second-order valence-electron chi connectivity index (χ2n) is 3.50. The molecule has 0 nitrogen and oxygen atoms in total. The van der Waals surface area contributed by atoms with E-state index in [0.29, 0.717) is 0 Å². The van der Waals surface area contributed by atoms with Gasteiger partial charge < -0.3 is 0 Å². The molecule has 0 amide bonds. The monoisotopic (exact) mass is 150 g/mol. The molecule has 0 heterocycles. The van der Waals surface area contributed by atoms with Crippen molar-refractivity contribution in [3.63, 3.8) is 0 Å². The largest absolute Gasteiger partial charge is 0.0811 e. The minimum absolute atomic E-state index is 0.833. The van der Waals surface area contributed by atoms with Crippen molar-refractivity contribution in [3.05, 3.63) is 23.8 Å². The van der Waals surface area contributed by atoms with E-state index in [9.17, 15) is 0 Å². The van der Waals surface area contributed by atoms with Crippen LogP contribution in [0.3, 0.4) is 0 Å². The number of unbranched alkanes of at least 4 members (excludes halogenated alkanes) is 1. The van der Waals surface area contributed by atoms with Crippen molar-refractivity contribution >= 4 is 0 Å². The molecule has 1 aliphatic carbocycles. The van der Waals surface area contributed by atoms with Gasteiger partial charge in [0.15, 0.2) is 0 Å². The molecule has 0 saturated heterocycles. The highest BCUT2D eigenvalue weighted by atomic mass is 14.1. The maximum absolute atomic E-state index is 2.35. The lowest BCUT2D eigenvalue weighted by Crippen LogP contribution is -2.00. The topological polar surface area (TPSA) is 0 Å². The van der Waals surface area contributed by atoms with E-state index in [-0.39, 0.29) is 0 Å². The molecule has 0 bridgehead atoms. The van der Waals surface area contributed by atoms with Crippen LogP contribution in [-0.4, -0.2) is 0 Å². The zero-order chi connectivity index (χ0) is 8.10. The molecule has 0 spiro atoms. The number of hydrogen-bond donors (Lipinski definition) is 0. The van der Waals surface area contributed by atoms with Crippen molar-refractivity contribution in [2.24, 2.45) is 5.92 Å². The third-order valence-corrected chi connectivity index (χ3v) is 2.28. The Morgan fingerprint density at radius 2 is 2.36 bits per heavy atom. The van der Waals surface area contributed by atoms with Crippen LogP contribution in [0, 0.1) is 5.92 Å². The molecule has 0 fully saturated rings. The van der Waals surface area contributed by atoms with Crippen LogP contribution in [0.1, 0.15) is 39.5 Å². The maximum atomic E-state index is 2.35. The summed E-state index contributed by atoms with van der Waals surface area (Å²) in [6, 6.07) is 0. The molecule has 0 aromatic heterocycles. The first-order chi connectivity index (χ1) is 5.33. The lowest BCUT2D eigenvalue weighted by atomic mass is 9.91. The maximum Gasteiger partial charge on any atom is -0.0193 e. The summed E-state index contributed by atoms with van der Waals surface area (Å²) in [4.78, 5) is 0. The molecule has 0 radical (unpaired) electrons. The van der Waals surface area contributed by atoms with E-state index in [2.05, 4.69) is 32.1 Å². The van der Waals surface area contributed by atoms with Crippen LogP contribution in [0.2, 0.25) is 0 Å². The van der Waals surface area contributed by atoms with Crippen molar-refractivity contribution in [2.45, 2.75) is 39.5 Å². The highest BCUT2D eigenvalue weighted by Crippen LogP contribution is 2.22. The summed E-state index contributed by atoms with van der Waals surface area (Å²) in [5, 5.41) is 0. The molecule has 0 aromatic rings. The van der Waals surface area contributed by atoms with Gasteiger partial charge in [0, 0.05) is 0 Å². The lowest BCUT2D eigenvalue weighted by Gasteiger charge is -2.15. The van der Waals surface area contributed by atoms with Gasteiger partial charge >= 0.3 is 0 Å². The van der Waals surface area contributed by atoms with Crippen LogP contribution >= 0.6 is 0 Å². The molecule has 11 heavy (non-hydrogen) atoms. The summed E-state index contributed by atoms with van der Waals surface area (Å²) in [6.07, 6.45) is 12.1. The smallest absolute Gasteiger partial charge is 0.0193 e. The highest BCUT2D eigenvalue weighted by molar-refractivity contribution is 5.17. The Balaban J connectivity index is 2.28. The lowest BCUT2D eigenvalue weighted by molar-refractivity contribution is 0.546. The zero-order valence-corrected chi connectivity index (χ0v) is 7.64. The minimum atomic E-state index is 0.833. The molecule has 1 rings (SSSR count). The van der Waals surface area contributed by atoms with E-state index in [1.165, 1.54) is 31.3 Å². The molecule has 62 valence electrons. The average Bonchev–Trinajstić information content (AvgIpc) is 2.01. The minimum Gasteiger partial charge on any atom is -0.0811 e. The third-order valence-electron chi connectivity index (χ3n) is 2.28. The summed E-state index contributed by atoms with van der Waals surface area (Å²) in [6.45, 7) is 4.48. The Hall–Kier alpha value is -0.520. The molecule has 1 aliphatic rings. The molecule has 0 saturated carbocycles. The van der Waals surface area contributed by atoms with Gasteiger partial charge in [0.05, 0.1) is 0 Å². The Labute approximate surface area is 70.0 Å². The Morgan fingerprint density at radius 3 is 3.00 bits per heavy atom. The van der Waals surface area contributed by atoms with Gasteiger partial charge in [0.2, 0.25) is 0 Å². The summed E-state index contributed by atoms with van der Waals surface area (Å²) >= 11 is 0. The van der Waals surface area contributed by atoms with Gasteiger partial charge in [-0.25, -0.2) is 0 Å². The van der Waals surface area contributed by atoms with E-state index >= 15 is 0 Å². The summed E-state index contributed by atoms with van der Waals surface area (Å²) in [5.74, 6) is 0.833. The van der Waals surface area contributed by atoms with Gasteiger partial charge in [-0.3, -0.25) is 0 Å². The molecule has 1 unspecified atom stereocenters. The molecule has 1 atom stereocenters. The molecule has 0 aliphatic heterocycles. The van der Waals surface area contributed by atoms with Crippen molar-refractivity contribution < 1.29 is 0 Å². The predicted octanol–water partition coefficient (Wildman–Crippen LogP) is 3.70. The number of hydrogen-bond acceptors (Lipinski definition) is 0. The SMILES string of the molecule is CCCCC1C=CC=C(C)C1. The van der Waals surface area contributed by atoms with Crippen molar-refractivity contribution in [3.8, 4) is 0 Å². The molecular weight excluding hydrogens is 132 g/mol.